The van der Waals surface area contributed by atoms with Gasteiger partial charge < -0.3 is 15.4 Å². The number of hydrogen-bond acceptors (Lipinski definition) is 4. The van der Waals surface area contributed by atoms with E-state index in [1.807, 2.05) is 18.2 Å². The third-order valence-corrected chi connectivity index (χ3v) is 3.57. The first-order valence-electron chi connectivity index (χ1n) is 8.50. The first kappa shape index (κ1) is 21.7. The highest BCUT2D eigenvalue weighted by molar-refractivity contribution is 6.08. The summed E-state index contributed by atoms with van der Waals surface area (Å²) in [6.45, 7) is 4.32. The van der Waals surface area contributed by atoms with Crippen LogP contribution in [0.5, 0.6) is 5.75 Å². The van der Waals surface area contributed by atoms with Crippen LogP contribution in [0.3, 0.4) is 0 Å². The fourth-order valence-corrected chi connectivity index (χ4v) is 2.25. The van der Waals surface area contributed by atoms with E-state index in [1.54, 1.807) is 36.4 Å². The van der Waals surface area contributed by atoms with Crippen LogP contribution in [0, 0.1) is 0 Å². The fourth-order valence-electron chi connectivity index (χ4n) is 2.25. The lowest BCUT2D eigenvalue weighted by Gasteiger charge is -2.08. The summed E-state index contributed by atoms with van der Waals surface area (Å²) < 4.78 is 5.44. The monoisotopic (exact) mass is 376 g/mol. The van der Waals surface area contributed by atoms with Gasteiger partial charge in [-0.15, -0.1) is 12.4 Å². The molecule has 0 aliphatic carbocycles. The molecule has 0 atom stereocenters. The Labute approximate surface area is 160 Å². The molecule has 0 bridgehead atoms. The molecular formula is C20H25ClN2O3. The second kappa shape index (κ2) is 12.1. The molecule has 0 radical (unpaired) electrons. The molecule has 2 N–H and O–H groups in total. The largest absolute Gasteiger partial charge is 0.484 e. The minimum absolute atomic E-state index is 0. The highest BCUT2D eigenvalue weighted by atomic mass is 35.5. The molecule has 5 nitrogen and oxygen atoms in total. The number of benzene rings is 2. The number of ketones is 1. The van der Waals surface area contributed by atoms with Crippen LogP contribution in [-0.2, 0) is 4.79 Å². The summed E-state index contributed by atoms with van der Waals surface area (Å²) in [5.41, 5.74) is 1.23. The summed E-state index contributed by atoms with van der Waals surface area (Å²) in [5, 5.41) is 5.99. The molecule has 2 aromatic rings. The van der Waals surface area contributed by atoms with E-state index in [2.05, 4.69) is 17.6 Å². The highest BCUT2D eigenvalue weighted by Crippen LogP contribution is 2.15. The molecule has 1 amide bonds. The average Bonchev–Trinajstić information content (AvgIpc) is 2.67. The van der Waals surface area contributed by atoms with Crippen molar-refractivity contribution in [2.45, 2.75) is 13.3 Å². The van der Waals surface area contributed by atoms with Crippen molar-refractivity contribution in [3.8, 4) is 5.75 Å². The lowest BCUT2D eigenvalue weighted by molar-refractivity contribution is -0.123. The van der Waals surface area contributed by atoms with E-state index in [0.29, 0.717) is 23.4 Å². The van der Waals surface area contributed by atoms with Gasteiger partial charge in [0, 0.05) is 24.2 Å². The van der Waals surface area contributed by atoms with Gasteiger partial charge in [0.15, 0.2) is 12.4 Å². The van der Waals surface area contributed by atoms with Gasteiger partial charge in [-0.3, -0.25) is 9.59 Å². The van der Waals surface area contributed by atoms with Crippen molar-refractivity contribution in [1.29, 1.82) is 0 Å². The predicted molar refractivity (Wildman–Crippen MR) is 105 cm³/mol. The smallest absolute Gasteiger partial charge is 0.257 e. The van der Waals surface area contributed by atoms with Crippen molar-refractivity contribution in [3.05, 3.63) is 65.7 Å². The summed E-state index contributed by atoms with van der Waals surface area (Å²) in [7, 11) is 0. The minimum Gasteiger partial charge on any atom is -0.484 e. The summed E-state index contributed by atoms with van der Waals surface area (Å²) in [6, 6.07) is 15.9. The van der Waals surface area contributed by atoms with Gasteiger partial charge in [-0.2, -0.15) is 0 Å². The van der Waals surface area contributed by atoms with Gasteiger partial charge in [-0.25, -0.2) is 0 Å². The van der Waals surface area contributed by atoms with Crippen LogP contribution in [0.2, 0.25) is 0 Å². The van der Waals surface area contributed by atoms with Crippen LogP contribution in [0.1, 0.15) is 29.3 Å². The zero-order valence-corrected chi connectivity index (χ0v) is 15.7. The number of hydrogen-bond donors (Lipinski definition) is 2. The Morgan fingerprint density at radius 1 is 0.885 bits per heavy atom. The number of nitrogens with one attached hydrogen (secondary N) is 2. The molecule has 2 rings (SSSR count). The Bertz CT molecular complexity index is 675. The average molecular weight is 377 g/mol. The first-order chi connectivity index (χ1) is 12.2. The van der Waals surface area contributed by atoms with Crippen molar-refractivity contribution in [1.82, 2.24) is 10.6 Å². The SMILES string of the molecule is CCCNCCNC(=O)COc1ccc(C(=O)c2ccccc2)cc1.Cl. The Morgan fingerprint density at radius 3 is 2.19 bits per heavy atom. The molecule has 2 aromatic carbocycles. The van der Waals surface area contributed by atoms with Crippen LogP contribution >= 0.6 is 12.4 Å². The van der Waals surface area contributed by atoms with Gasteiger partial charge in [-0.1, -0.05) is 37.3 Å². The molecule has 6 heteroatoms. The van der Waals surface area contributed by atoms with Crippen LogP contribution in [0.25, 0.3) is 0 Å². The lowest BCUT2D eigenvalue weighted by Crippen LogP contribution is -2.35. The van der Waals surface area contributed by atoms with E-state index in [-0.39, 0.29) is 30.7 Å². The Balaban J connectivity index is 0.00000338. The van der Waals surface area contributed by atoms with Crippen LogP contribution in [0.15, 0.2) is 54.6 Å². The van der Waals surface area contributed by atoms with Gasteiger partial charge in [-0.05, 0) is 37.2 Å². The third kappa shape index (κ3) is 7.25. The summed E-state index contributed by atoms with van der Waals surface area (Å²) in [5.74, 6) is 0.357. The molecule has 0 unspecified atom stereocenters. The topological polar surface area (TPSA) is 67.4 Å². The van der Waals surface area contributed by atoms with Gasteiger partial charge in [0.1, 0.15) is 5.75 Å². The second-order valence-corrected chi connectivity index (χ2v) is 5.61. The number of ether oxygens (including phenoxy) is 1. The molecule has 0 aliphatic rings. The van der Waals surface area contributed by atoms with Crippen molar-refractivity contribution in [2.75, 3.05) is 26.2 Å². The molecular weight excluding hydrogens is 352 g/mol. The maximum atomic E-state index is 12.3. The maximum Gasteiger partial charge on any atom is 0.257 e. The molecule has 0 aliphatic heterocycles. The zero-order chi connectivity index (χ0) is 17.9. The van der Waals surface area contributed by atoms with Crippen molar-refractivity contribution in [2.24, 2.45) is 0 Å². The Kier molecular flexibility index (Phi) is 10.1. The van der Waals surface area contributed by atoms with E-state index in [4.69, 9.17) is 4.74 Å². The van der Waals surface area contributed by atoms with Crippen LogP contribution in [0.4, 0.5) is 0 Å². The minimum atomic E-state index is -0.164. The third-order valence-electron chi connectivity index (χ3n) is 3.57. The first-order valence-corrected chi connectivity index (χ1v) is 8.50. The Hall–Kier alpha value is -2.37. The van der Waals surface area contributed by atoms with E-state index < -0.39 is 0 Å². The number of carbonyl (C=O) groups is 2. The zero-order valence-electron chi connectivity index (χ0n) is 14.9. The number of rotatable bonds is 10. The normalized spacial score (nSPS) is 9.88. The molecule has 26 heavy (non-hydrogen) atoms. The lowest BCUT2D eigenvalue weighted by atomic mass is 10.0. The van der Waals surface area contributed by atoms with Gasteiger partial charge in [0.25, 0.3) is 5.91 Å². The summed E-state index contributed by atoms with van der Waals surface area (Å²) in [4.78, 5) is 24.0. The van der Waals surface area contributed by atoms with Gasteiger partial charge in [0.05, 0.1) is 0 Å². The molecule has 0 aromatic heterocycles. The predicted octanol–water partition coefficient (Wildman–Crippen LogP) is 2.83. The van der Waals surface area contributed by atoms with Gasteiger partial charge in [0.2, 0.25) is 0 Å². The van der Waals surface area contributed by atoms with Crippen molar-refractivity contribution >= 4 is 24.1 Å². The Morgan fingerprint density at radius 2 is 1.54 bits per heavy atom. The van der Waals surface area contributed by atoms with E-state index in [9.17, 15) is 9.59 Å². The standard InChI is InChI=1S/C20H24N2O3.ClH/c1-2-12-21-13-14-22-19(23)15-25-18-10-8-17(9-11-18)20(24)16-6-4-3-5-7-16;/h3-11,21H,2,12-15H2,1H3,(H,22,23);1H. The van der Waals surface area contributed by atoms with Crippen molar-refractivity contribution < 1.29 is 14.3 Å². The van der Waals surface area contributed by atoms with E-state index >= 15 is 0 Å². The van der Waals surface area contributed by atoms with Crippen LogP contribution in [-0.4, -0.2) is 37.9 Å². The number of amides is 1. The van der Waals surface area contributed by atoms with E-state index in [1.165, 1.54) is 0 Å². The molecule has 0 spiro atoms. The van der Waals surface area contributed by atoms with E-state index in [0.717, 1.165) is 19.5 Å². The molecule has 0 saturated carbocycles. The van der Waals surface area contributed by atoms with Crippen LogP contribution < -0.4 is 15.4 Å². The summed E-state index contributed by atoms with van der Waals surface area (Å²) >= 11 is 0. The second-order valence-electron chi connectivity index (χ2n) is 5.61. The van der Waals surface area contributed by atoms with Crippen molar-refractivity contribution in [3.63, 3.8) is 0 Å². The number of carbonyl (C=O) groups excluding carboxylic acids is 2. The highest BCUT2D eigenvalue weighted by Gasteiger charge is 2.09. The summed E-state index contributed by atoms with van der Waals surface area (Å²) in [6.07, 6.45) is 1.07. The molecule has 0 fully saturated rings. The number of halogens is 1. The maximum absolute atomic E-state index is 12.3. The fraction of sp³-hybridized carbons (Fsp3) is 0.300. The van der Waals surface area contributed by atoms with Gasteiger partial charge >= 0.3 is 0 Å². The molecule has 0 heterocycles. The quantitative estimate of drug-likeness (QED) is 0.494. The molecule has 140 valence electrons. The molecule has 0 saturated heterocycles.